The molecular weight excluding hydrogens is 360 g/mol. The Kier molecular flexibility index (Phi) is 4.71. The smallest absolute Gasteiger partial charge is 0.246 e. The molecule has 0 radical (unpaired) electrons. The van der Waals surface area contributed by atoms with Crippen molar-refractivity contribution in [3.05, 3.63) is 53.2 Å². The first kappa shape index (κ1) is 17.1. The summed E-state index contributed by atoms with van der Waals surface area (Å²) in [5.74, 6) is -1.32. The minimum absolute atomic E-state index is 0.159. The fourth-order valence-corrected chi connectivity index (χ4v) is 4.28. The van der Waals surface area contributed by atoms with E-state index in [0.717, 1.165) is 12.1 Å². The Morgan fingerprint density at radius 2 is 1.79 bits per heavy atom. The van der Waals surface area contributed by atoms with Crippen molar-refractivity contribution in [3.63, 3.8) is 0 Å². The summed E-state index contributed by atoms with van der Waals surface area (Å²) in [5, 5.41) is 0.485. The van der Waals surface area contributed by atoms with E-state index in [2.05, 4.69) is 4.98 Å². The van der Waals surface area contributed by atoms with Gasteiger partial charge >= 0.3 is 0 Å². The van der Waals surface area contributed by atoms with Crippen LogP contribution in [0, 0.1) is 11.6 Å². The highest BCUT2D eigenvalue weighted by atomic mass is 35.5. The molecular formula is C15H14ClF2N3O2S. The van der Waals surface area contributed by atoms with Crippen LogP contribution < -0.4 is 4.90 Å². The molecule has 128 valence electrons. The number of halogens is 3. The second kappa shape index (κ2) is 6.62. The summed E-state index contributed by atoms with van der Waals surface area (Å²) in [7, 11) is -4.01. The fourth-order valence-electron chi connectivity index (χ4n) is 2.57. The van der Waals surface area contributed by atoms with E-state index in [1.807, 2.05) is 4.90 Å². The van der Waals surface area contributed by atoms with E-state index in [4.69, 9.17) is 11.6 Å². The third kappa shape index (κ3) is 3.22. The highest BCUT2D eigenvalue weighted by Gasteiger charge is 2.31. The lowest BCUT2D eigenvalue weighted by atomic mass is 10.3. The number of piperazine rings is 1. The molecule has 2 heterocycles. The first-order chi connectivity index (χ1) is 11.4. The van der Waals surface area contributed by atoms with E-state index in [1.165, 1.54) is 4.31 Å². The molecule has 0 unspecified atom stereocenters. The number of pyridine rings is 1. The molecule has 1 aromatic heterocycles. The molecule has 1 aliphatic heterocycles. The topological polar surface area (TPSA) is 53.5 Å². The number of aromatic nitrogens is 1. The van der Waals surface area contributed by atoms with Crippen molar-refractivity contribution in [1.29, 1.82) is 0 Å². The SMILES string of the molecule is O=S(=O)(c1ccc(F)cc1F)N1CCN(c2ncccc2Cl)CC1. The summed E-state index contributed by atoms with van der Waals surface area (Å²) < 4.78 is 53.0. The summed E-state index contributed by atoms with van der Waals surface area (Å²) in [4.78, 5) is 5.55. The molecule has 1 fully saturated rings. The molecule has 0 amide bonds. The van der Waals surface area contributed by atoms with Gasteiger partial charge in [-0.25, -0.2) is 22.2 Å². The van der Waals surface area contributed by atoms with E-state index in [1.54, 1.807) is 18.3 Å². The highest BCUT2D eigenvalue weighted by molar-refractivity contribution is 7.89. The lowest BCUT2D eigenvalue weighted by Crippen LogP contribution is -2.49. The van der Waals surface area contributed by atoms with Crippen LogP contribution in [0.4, 0.5) is 14.6 Å². The number of benzene rings is 1. The summed E-state index contributed by atoms with van der Waals surface area (Å²) in [5.41, 5.74) is 0. The summed E-state index contributed by atoms with van der Waals surface area (Å²) in [6.45, 7) is 1.07. The first-order valence-corrected chi connectivity index (χ1v) is 9.02. The van der Waals surface area contributed by atoms with E-state index < -0.39 is 26.6 Å². The predicted octanol–water partition coefficient (Wildman–Crippen LogP) is 2.52. The molecule has 0 atom stereocenters. The Balaban J connectivity index is 1.78. The van der Waals surface area contributed by atoms with Crippen LogP contribution in [0.25, 0.3) is 0 Å². The van der Waals surface area contributed by atoms with E-state index in [-0.39, 0.29) is 13.1 Å². The van der Waals surface area contributed by atoms with Crippen molar-refractivity contribution in [2.75, 3.05) is 31.1 Å². The van der Waals surface area contributed by atoms with Crippen molar-refractivity contribution in [1.82, 2.24) is 9.29 Å². The van der Waals surface area contributed by atoms with Gasteiger partial charge in [0.1, 0.15) is 22.3 Å². The Morgan fingerprint density at radius 3 is 2.42 bits per heavy atom. The third-order valence-electron chi connectivity index (χ3n) is 3.79. The lowest BCUT2D eigenvalue weighted by molar-refractivity contribution is 0.381. The monoisotopic (exact) mass is 373 g/mol. The average molecular weight is 374 g/mol. The zero-order valence-electron chi connectivity index (χ0n) is 12.5. The van der Waals surface area contributed by atoms with Crippen molar-refractivity contribution in [2.45, 2.75) is 4.90 Å². The van der Waals surface area contributed by atoms with Gasteiger partial charge < -0.3 is 4.90 Å². The number of nitrogens with zero attached hydrogens (tertiary/aromatic N) is 3. The van der Waals surface area contributed by atoms with Gasteiger partial charge in [0.15, 0.2) is 0 Å². The van der Waals surface area contributed by atoms with Crippen LogP contribution in [0.1, 0.15) is 0 Å². The van der Waals surface area contributed by atoms with Gasteiger partial charge in [0.05, 0.1) is 5.02 Å². The second-order valence-corrected chi connectivity index (χ2v) is 7.59. The lowest BCUT2D eigenvalue weighted by Gasteiger charge is -2.35. The fraction of sp³-hybridized carbons (Fsp3) is 0.267. The van der Waals surface area contributed by atoms with Crippen molar-refractivity contribution < 1.29 is 17.2 Å². The van der Waals surface area contributed by atoms with Crippen LogP contribution in [-0.2, 0) is 10.0 Å². The second-order valence-electron chi connectivity index (χ2n) is 5.27. The molecule has 0 bridgehead atoms. The number of sulfonamides is 1. The average Bonchev–Trinajstić information content (AvgIpc) is 2.55. The van der Waals surface area contributed by atoms with E-state index in [9.17, 15) is 17.2 Å². The van der Waals surface area contributed by atoms with Gasteiger partial charge in [-0.15, -0.1) is 0 Å². The molecule has 2 aromatic rings. The van der Waals surface area contributed by atoms with Gasteiger partial charge in [-0.2, -0.15) is 4.31 Å². The zero-order chi connectivity index (χ0) is 17.3. The molecule has 0 saturated carbocycles. The normalized spacial score (nSPS) is 16.4. The van der Waals surface area contributed by atoms with Crippen molar-refractivity contribution in [3.8, 4) is 0 Å². The van der Waals surface area contributed by atoms with Gasteiger partial charge in [0, 0.05) is 38.4 Å². The van der Waals surface area contributed by atoms with Crippen LogP contribution in [0.15, 0.2) is 41.4 Å². The standard InChI is InChI=1S/C15H14ClF2N3O2S/c16-12-2-1-5-19-15(12)20-6-8-21(9-7-20)24(22,23)14-4-3-11(17)10-13(14)18/h1-5,10H,6-9H2. The first-order valence-electron chi connectivity index (χ1n) is 7.20. The minimum atomic E-state index is -4.01. The molecule has 1 aromatic carbocycles. The largest absolute Gasteiger partial charge is 0.353 e. The molecule has 0 spiro atoms. The molecule has 0 aliphatic carbocycles. The molecule has 1 saturated heterocycles. The van der Waals surface area contributed by atoms with Crippen LogP contribution in [0.5, 0.6) is 0 Å². The molecule has 24 heavy (non-hydrogen) atoms. The van der Waals surface area contributed by atoms with Gasteiger partial charge in [-0.1, -0.05) is 11.6 Å². The number of rotatable bonds is 3. The number of hydrogen-bond acceptors (Lipinski definition) is 4. The maximum Gasteiger partial charge on any atom is 0.246 e. The predicted molar refractivity (Wildman–Crippen MR) is 86.6 cm³/mol. The Morgan fingerprint density at radius 1 is 1.08 bits per heavy atom. The molecule has 9 heteroatoms. The Bertz CT molecular complexity index is 856. The van der Waals surface area contributed by atoms with E-state index >= 15 is 0 Å². The van der Waals surface area contributed by atoms with Crippen LogP contribution in [-0.4, -0.2) is 43.9 Å². The quantitative estimate of drug-likeness (QED) is 0.829. The van der Waals surface area contributed by atoms with Gasteiger partial charge in [0.25, 0.3) is 0 Å². The molecule has 3 rings (SSSR count). The zero-order valence-corrected chi connectivity index (χ0v) is 14.1. The van der Waals surface area contributed by atoms with Gasteiger partial charge in [-0.05, 0) is 24.3 Å². The summed E-state index contributed by atoms with van der Waals surface area (Å²) >= 11 is 6.09. The Hall–Kier alpha value is -1.77. The molecule has 5 nitrogen and oxygen atoms in total. The maximum atomic E-state index is 13.8. The summed E-state index contributed by atoms with van der Waals surface area (Å²) in [6.07, 6.45) is 1.61. The molecule has 0 N–H and O–H groups in total. The van der Waals surface area contributed by atoms with Crippen LogP contribution >= 0.6 is 11.6 Å². The third-order valence-corrected chi connectivity index (χ3v) is 6.02. The minimum Gasteiger partial charge on any atom is -0.353 e. The maximum absolute atomic E-state index is 13.8. The van der Waals surface area contributed by atoms with Gasteiger partial charge in [-0.3, -0.25) is 0 Å². The highest BCUT2D eigenvalue weighted by Crippen LogP contribution is 2.26. The van der Waals surface area contributed by atoms with E-state index in [0.29, 0.717) is 30.0 Å². The van der Waals surface area contributed by atoms with Crippen molar-refractivity contribution >= 4 is 27.4 Å². The van der Waals surface area contributed by atoms with Crippen molar-refractivity contribution in [2.24, 2.45) is 0 Å². The Labute approximate surface area is 143 Å². The summed E-state index contributed by atoms with van der Waals surface area (Å²) in [6, 6.07) is 5.86. The van der Waals surface area contributed by atoms with Crippen LogP contribution in [0.2, 0.25) is 5.02 Å². The molecule has 1 aliphatic rings. The number of hydrogen-bond donors (Lipinski definition) is 0. The van der Waals surface area contributed by atoms with Crippen LogP contribution in [0.3, 0.4) is 0 Å². The number of anilines is 1. The van der Waals surface area contributed by atoms with Gasteiger partial charge in [0.2, 0.25) is 10.0 Å².